The largest absolute Gasteiger partial charge is 0.286 e. The van der Waals surface area contributed by atoms with E-state index in [4.69, 9.17) is 4.99 Å². The van der Waals surface area contributed by atoms with Gasteiger partial charge in [0.05, 0.1) is 11.4 Å². The Morgan fingerprint density at radius 1 is 0.793 bits per heavy atom. The fraction of sp³-hybridized carbons (Fsp3) is 0.120. The zero-order valence-corrected chi connectivity index (χ0v) is 16.9. The lowest BCUT2D eigenvalue weighted by Crippen LogP contribution is -2.31. The zero-order chi connectivity index (χ0) is 19.9. The van der Waals surface area contributed by atoms with E-state index in [0.29, 0.717) is 13.1 Å². The summed E-state index contributed by atoms with van der Waals surface area (Å²) in [5.74, 6) is 0.0293. The van der Waals surface area contributed by atoms with E-state index in [1.807, 2.05) is 77.7 Å². The smallest absolute Gasteiger partial charge is 0.266 e. The lowest BCUT2D eigenvalue weighted by atomic mass is 10.1. The molecule has 3 nitrogen and oxygen atoms in total. The molecule has 0 unspecified atom stereocenters. The molecule has 1 aliphatic rings. The minimum Gasteiger partial charge on any atom is -0.286 e. The molecule has 4 rings (SSSR count). The Morgan fingerprint density at radius 2 is 1.38 bits per heavy atom. The molecular weight excluding hydrogens is 376 g/mol. The van der Waals surface area contributed by atoms with Crippen molar-refractivity contribution in [3.8, 4) is 0 Å². The van der Waals surface area contributed by atoms with E-state index < -0.39 is 0 Å². The van der Waals surface area contributed by atoms with Gasteiger partial charge in [0.15, 0.2) is 5.17 Å². The molecule has 0 atom stereocenters. The van der Waals surface area contributed by atoms with Gasteiger partial charge in [-0.3, -0.25) is 14.7 Å². The van der Waals surface area contributed by atoms with Gasteiger partial charge in [-0.25, -0.2) is 0 Å². The predicted octanol–water partition coefficient (Wildman–Crippen LogP) is 5.40. The molecule has 1 saturated heterocycles. The van der Waals surface area contributed by atoms with Crippen molar-refractivity contribution >= 4 is 28.9 Å². The van der Waals surface area contributed by atoms with Crippen molar-refractivity contribution in [2.24, 2.45) is 4.99 Å². The van der Waals surface area contributed by atoms with Crippen LogP contribution in [0, 0.1) is 0 Å². The van der Waals surface area contributed by atoms with Gasteiger partial charge in [-0.2, -0.15) is 0 Å². The molecule has 0 bridgehead atoms. The van der Waals surface area contributed by atoms with E-state index in [1.54, 1.807) is 0 Å². The molecule has 0 saturated carbocycles. The van der Waals surface area contributed by atoms with Crippen molar-refractivity contribution in [1.29, 1.82) is 0 Å². The van der Waals surface area contributed by atoms with Crippen LogP contribution in [0.3, 0.4) is 0 Å². The van der Waals surface area contributed by atoms with Crippen LogP contribution in [0.1, 0.15) is 16.7 Å². The van der Waals surface area contributed by atoms with Gasteiger partial charge in [-0.1, -0.05) is 91.0 Å². The number of carbonyl (C=O) groups excluding carboxylic acids is 1. The lowest BCUT2D eigenvalue weighted by Gasteiger charge is -2.15. The second-order valence-corrected chi connectivity index (χ2v) is 7.81. The van der Waals surface area contributed by atoms with Crippen LogP contribution in [0.15, 0.2) is 101 Å². The van der Waals surface area contributed by atoms with Gasteiger partial charge in [-0.15, -0.1) is 0 Å². The highest BCUT2D eigenvalue weighted by atomic mass is 32.2. The summed E-state index contributed by atoms with van der Waals surface area (Å²) in [6, 6.07) is 30.3. The van der Waals surface area contributed by atoms with Crippen molar-refractivity contribution in [3.05, 3.63) is 113 Å². The summed E-state index contributed by atoms with van der Waals surface area (Å²) in [4.78, 5) is 20.4. The summed E-state index contributed by atoms with van der Waals surface area (Å²) in [6.45, 7) is 1.19. The van der Waals surface area contributed by atoms with Crippen LogP contribution in [0.5, 0.6) is 0 Å². The third kappa shape index (κ3) is 5.04. The zero-order valence-electron chi connectivity index (χ0n) is 16.1. The number of amides is 1. The van der Waals surface area contributed by atoms with E-state index >= 15 is 0 Å². The highest BCUT2D eigenvalue weighted by Gasteiger charge is 2.32. The summed E-state index contributed by atoms with van der Waals surface area (Å²) in [5.41, 5.74) is 3.38. The maximum absolute atomic E-state index is 13.1. The standard InChI is InChI=1S/C25H22N2OS/c28-24-23(18-21-12-6-2-7-13-21)29-25(26-19-22-14-8-3-9-15-22)27(24)17-16-20-10-4-1-5-11-20/h1-15,18H,16-17,19H2. The first-order chi connectivity index (χ1) is 14.3. The number of benzene rings is 3. The lowest BCUT2D eigenvalue weighted by molar-refractivity contribution is -0.122. The molecule has 0 aromatic heterocycles. The van der Waals surface area contributed by atoms with E-state index in [2.05, 4.69) is 24.3 Å². The number of hydrogen-bond donors (Lipinski definition) is 0. The van der Waals surface area contributed by atoms with Gasteiger partial charge >= 0.3 is 0 Å². The van der Waals surface area contributed by atoms with Gasteiger partial charge < -0.3 is 0 Å². The molecule has 0 radical (unpaired) electrons. The Labute approximate surface area is 175 Å². The first-order valence-corrected chi connectivity index (χ1v) is 10.5. The van der Waals surface area contributed by atoms with Crippen LogP contribution >= 0.6 is 11.8 Å². The van der Waals surface area contributed by atoms with E-state index in [9.17, 15) is 4.79 Å². The molecule has 0 spiro atoms. The monoisotopic (exact) mass is 398 g/mol. The Morgan fingerprint density at radius 3 is 2.03 bits per heavy atom. The van der Waals surface area contributed by atoms with Crippen molar-refractivity contribution in [1.82, 2.24) is 4.90 Å². The molecular formula is C25H22N2OS. The number of thioether (sulfide) groups is 1. The number of aliphatic imine (C=N–C) groups is 1. The van der Waals surface area contributed by atoms with E-state index in [-0.39, 0.29) is 5.91 Å². The maximum Gasteiger partial charge on any atom is 0.266 e. The number of carbonyl (C=O) groups is 1. The SMILES string of the molecule is O=C1C(=Cc2ccccc2)SC(=NCc2ccccc2)N1CCc1ccccc1. The molecule has 1 aliphatic heterocycles. The second kappa shape index (κ2) is 9.39. The van der Waals surface area contributed by atoms with Gasteiger partial charge in [0, 0.05) is 6.54 Å². The minimum atomic E-state index is 0.0293. The van der Waals surface area contributed by atoms with Crippen LogP contribution in [0.2, 0.25) is 0 Å². The number of rotatable bonds is 6. The van der Waals surface area contributed by atoms with Crippen molar-refractivity contribution in [2.45, 2.75) is 13.0 Å². The fourth-order valence-electron chi connectivity index (χ4n) is 3.15. The maximum atomic E-state index is 13.1. The van der Waals surface area contributed by atoms with Crippen LogP contribution in [0.25, 0.3) is 6.08 Å². The molecule has 0 aliphatic carbocycles. The summed E-state index contributed by atoms with van der Waals surface area (Å²) in [7, 11) is 0. The normalized spacial score (nSPS) is 16.7. The molecule has 1 heterocycles. The number of amidine groups is 1. The molecule has 144 valence electrons. The summed E-state index contributed by atoms with van der Waals surface area (Å²) >= 11 is 1.46. The Kier molecular flexibility index (Phi) is 6.22. The third-order valence-electron chi connectivity index (χ3n) is 4.69. The van der Waals surface area contributed by atoms with Gasteiger partial charge in [0.2, 0.25) is 0 Å². The summed E-state index contributed by atoms with van der Waals surface area (Å²) < 4.78 is 0. The van der Waals surface area contributed by atoms with Gasteiger partial charge in [0.25, 0.3) is 5.91 Å². The first-order valence-electron chi connectivity index (χ1n) is 9.68. The molecule has 3 aromatic carbocycles. The quantitative estimate of drug-likeness (QED) is 0.521. The summed E-state index contributed by atoms with van der Waals surface area (Å²) in [5, 5.41) is 0.775. The Balaban J connectivity index is 1.57. The second-order valence-electron chi connectivity index (χ2n) is 6.80. The third-order valence-corrected chi connectivity index (χ3v) is 5.74. The van der Waals surface area contributed by atoms with Gasteiger partial charge in [-0.05, 0) is 40.9 Å². The van der Waals surface area contributed by atoms with Gasteiger partial charge in [0.1, 0.15) is 0 Å². The van der Waals surface area contributed by atoms with Crippen LogP contribution in [-0.4, -0.2) is 22.5 Å². The van der Waals surface area contributed by atoms with Crippen LogP contribution < -0.4 is 0 Å². The average molecular weight is 399 g/mol. The molecule has 0 N–H and O–H groups in total. The Bertz CT molecular complexity index is 1010. The molecule has 1 fully saturated rings. The molecule has 3 aromatic rings. The Hall–Kier alpha value is -3.11. The van der Waals surface area contributed by atoms with Crippen LogP contribution in [0.4, 0.5) is 0 Å². The van der Waals surface area contributed by atoms with E-state index in [0.717, 1.165) is 27.6 Å². The van der Waals surface area contributed by atoms with E-state index in [1.165, 1.54) is 17.3 Å². The van der Waals surface area contributed by atoms with Crippen molar-refractivity contribution in [2.75, 3.05) is 6.54 Å². The number of hydrogen-bond acceptors (Lipinski definition) is 3. The molecule has 29 heavy (non-hydrogen) atoms. The first kappa shape index (κ1) is 19.2. The average Bonchev–Trinajstić information content (AvgIpc) is 3.07. The highest BCUT2D eigenvalue weighted by Crippen LogP contribution is 2.33. The molecule has 1 amide bonds. The summed E-state index contributed by atoms with van der Waals surface area (Å²) in [6.07, 6.45) is 2.75. The van der Waals surface area contributed by atoms with Crippen molar-refractivity contribution < 1.29 is 4.79 Å². The minimum absolute atomic E-state index is 0.0293. The topological polar surface area (TPSA) is 32.7 Å². The van der Waals surface area contributed by atoms with Crippen LogP contribution in [-0.2, 0) is 17.8 Å². The fourth-order valence-corrected chi connectivity index (χ4v) is 4.15. The highest BCUT2D eigenvalue weighted by molar-refractivity contribution is 8.18. The molecule has 4 heteroatoms. The van der Waals surface area contributed by atoms with Crippen molar-refractivity contribution in [3.63, 3.8) is 0 Å². The number of nitrogens with zero attached hydrogens (tertiary/aromatic N) is 2. The predicted molar refractivity (Wildman–Crippen MR) is 121 cm³/mol.